The lowest BCUT2D eigenvalue weighted by molar-refractivity contribution is -0.122. The summed E-state index contributed by atoms with van der Waals surface area (Å²) in [5, 5.41) is 3.11. The molecular formula is C21H25N3O. The smallest absolute Gasteiger partial charge is 0.227 e. The van der Waals surface area contributed by atoms with Crippen LogP contribution in [0.25, 0.3) is 11.0 Å². The third kappa shape index (κ3) is 3.90. The molecule has 0 aliphatic heterocycles. The van der Waals surface area contributed by atoms with E-state index in [1.807, 2.05) is 55.5 Å². The van der Waals surface area contributed by atoms with Crippen LogP contribution in [0, 0.1) is 6.92 Å². The number of imidazole rings is 1. The van der Waals surface area contributed by atoms with Crippen molar-refractivity contribution < 1.29 is 4.79 Å². The van der Waals surface area contributed by atoms with Crippen LogP contribution >= 0.6 is 0 Å². The molecule has 4 nitrogen and oxygen atoms in total. The van der Waals surface area contributed by atoms with Gasteiger partial charge in [-0.3, -0.25) is 4.79 Å². The molecule has 0 bridgehead atoms. The maximum absolute atomic E-state index is 12.7. The number of carbonyl (C=O) groups excluding carboxylic acids is 1. The minimum absolute atomic E-state index is 0.0770. The quantitative estimate of drug-likeness (QED) is 0.708. The van der Waals surface area contributed by atoms with Crippen molar-refractivity contribution in [1.82, 2.24) is 14.9 Å². The molecule has 0 aliphatic rings. The first-order valence-electron chi connectivity index (χ1n) is 8.95. The Morgan fingerprint density at radius 2 is 1.84 bits per heavy atom. The lowest BCUT2D eigenvalue weighted by Gasteiger charge is -2.17. The van der Waals surface area contributed by atoms with Gasteiger partial charge in [0.05, 0.1) is 17.0 Å². The van der Waals surface area contributed by atoms with Gasteiger partial charge in [-0.05, 0) is 31.0 Å². The fraction of sp³-hybridized carbons (Fsp3) is 0.333. The van der Waals surface area contributed by atoms with Crippen LogP contribution in [0.4, 0.5) is 0 Å². The normalized spacial score (nSPS) is 12.2. The summed E-state index contributed by atoms with van der Waals surface area (Å²) in [5.74, 6) is 1.01. The molecule has 1 N–H and O–H groups in total. The Morgan fingerprint density at radius 3 is 2.60 bits per heavy atom. The third-order valence-electron chi connectivity index (χ3n) is 4.58. The van der Waals surface area contributed by atoms with Crippen molar-refractivity contribution in [1.29, 1.82) is 0 Å². The maximum Gasteiger partial charge on any atom is 0.227 e. The van der Waals surface area contributed by atoms with Crippen LogP contribution < -0.4 is 5.32 Å². The van der Waals surface area contributed by atoms with Crippen LogP contribution in [0.3, 0.4) is 0 Å². The highest BCUT2D eigenvalue weighted by Crippen LogP contribution is 2.21. The first kappa shape index (κ1) is 17.2. The number of nitrogens with one attached hydrogen (secondary N) is 1. The lowest BCUT2D eigenvalue weighted by Crippen LogP contribution is -2.32. The maximum atomic E-state index is 12.7. The van der Waals surface area contributed by atoms with Gasteiger partial charge in [0.1, 0.15) is 5.82 Å². The first-order valence-corrected chi connectivity index (χ1v) is 8.95. The van der Waals surface area contributed by atoms with E-state index in [4.69, 9.17) is 0 Å². The molecule has 3 aromatic rings. The van der Waals surface area contributed by atoms with Gasteiger partial charge in [0.2, 0.25) is 5.91 Å². The van der Waals surface area contributed by atoms with Crippen LogP contribution in [-0.2, 0) is 11.3 Å². The standard InChI is InChI=1S/C21H25N3O/c1-3-9-18(17-10-5-4-6-11-17)21(25)22-14-15-24-16(2)23-19-12-7-8-13-20(19)24/h4-8,10-13,18H,3,9,14-15H2,1-2H3,(H,22,25). The van der Waals surface area contributed by atoms with E-state index < -0.39 is 0 Å². The Bertz CT molecular complexity index is 839. The molecule has 2 aromatic carbocycles. The van der Waals surface area contributed by atoms with Crippen molar-refractivity contribution in [3.63, 3.8) is 0 Å². The monoisotopic (exact) mass is 335 g/mol. The summed E-state index contributed by atoms with van der Waals surface area (Å²) in [6.45, 7) is 5.45. The second-order valence-corrected chi connectivity index (χ2v) is 6.34. The zero-order chi connectivity index (χ0) is 17.6. The van der Waals surface area contributed by atoms with E-state index in [1.165, 1.54) is 0 Å². The van der Waals surface area contributed by atoms with E-state index in [-0.39, 0.29) is 11.8 Å². The predicted molar refractivity (Wildman–Crippen MR) is 102 cm³/mol. The number of nitrogens with zero attached hydrogens (tertiary/aromatic N) is 2. The molecule has 1 aromatic heterocycles. The van der Waals surface area contributed by atoms with Gasteiger partial charge in [-0.1, -0.05) is 55.8 Å². The largest absolute Gasteiger partial charge is 0.354 e. The van der Waals surface area contributed by atoms with Gasteiger partial charge >= 0.3 is 0 Å². The Balaban J connectivity index is 1.66. The van der Waals surface area contributed by atoms with Crippen LogP contribution in [0.2, 0.25) is 0 Å². The van der Waals surface area contributed by atoms with Crippen molar-refractivity contribution in [2.75, 3.05) is 6.54 Å². The van der Waals surface area contributed by atoms with Crippen LogP contribution in [-0.4, -0.2) is 22.0 Å². The molecule has 130 valence electrons. The summed E-state index contributed by atoms with van der Waals surface area (Å²) in [6, 6.07) is 18.1. The van der Waals surface area contributed by atoms with Gasteiger partial charge in [-0.15, -0.1) is 0 Å². The van der Waals surface area contributed by atoms with Crippen LogP contribution in [0.5, 0.6) is 0 Å². The minimum atomic E-state index is -0.0770. The highest BCUT2D eigenvalue weighted by Gasteiger charge is 2.19. The van der Waals surface area contributed by atoms with Gasteiger partial charge in [0.25, 0.3) is 0 Å². The number of hydrogen-bond donors (Lipinski definition) is 1. The molecule has 0 spiro atoms. The summed E-state index contributed by atoms with van der Waals surface area (Å²) in [4.78, 5) is 17.2. The Hall–Kier alpha value is -2.62. The molecular weight excluding hydrogens is 310 g/mol. The number of amides is 1. The number of para-hydroxylation sites is 2. The molecule has 0 aliphatic carbocycles. The zero-order valence-electron chi connectivity index (χ0n) is 14.9. The van der Waals surface area contributed by atoms with Crippen molar-refractivity contribution in [3.8, 4) is 0 Å². The van der Waals surface area contributed by atoms with Crippen molar-refractivity contribution in [2.45, 2.75) is 39.2 Å². The molecule has 1 heterocycles. The summed E-state index contributed by atoms with van der Waals surface area (Å²) in [6.07, 6.45) is 1.85. The lowest BCUT2D eigenvalue weighted by atomic mass is 9.94. The van der Waals surface area contributed by atoms with Crippen LogP contribution in [0.15, 0.2) is 54.6 Å². The van der Waals surface area contributed by atoms with Gasteiger partial charge < -0.3 is 9.88 Å². The number of aromatic nitrogens is 2. The summed E-state index contributed by atoms with van der Waals surface area (Å²) in [5.41, 5.74) is 3.20. The molecule has 0 saturated carbocycles. The fourth-order valence-corrected chi connectivity index (χ4v) is 3.32. The van der Waals surface area contributed by atoms with Crippen LogP contribution in [0.1, 0.15) is 37.1 Å². The second-order valence-electron chi connectivity index (χ2n) is 6.34. The number of rotatable bonds is 7. The van der Waals surface area contributed by atoms with Gasteiger partial charge in [0, 0.05) is 13.1 Å². The summed E-state index contributed by atoms with van der Waals surface area (Å²) < 4.78 is 2.16. The van der Waals surface area contributed by atoms with E-state index in [9.17, 15) is 4.79 Å². The highest BCUT2D eigenvalue weighted by molar-refractivity contribution is 5.83. The average Bonchev–Trinajstić information content (AvgIpc) is 2.96. The number of benzene rings is 2. The zero-order valence-corrected chi connectivity index (χ0v) is 14.9. The van der Waals surface area contributed by atoms with E-state index in [0.29, 0.717) is 6.54 Å². The van der Waals surface area contributed by atoms with Gasteiger partial charge in [0.15, 0.2) is 0 Å². The second kappa shape index (κ2) is 7.97. The van der Waals surface area contributed by atoms with E-state index in [2.05, 4.69) is 27.9 Å². The SMILES string of the molecule is CCCC(C(=O)NCCn1c(C)nc2ccccc21)c1ccccc1. The minimum Gasteiger partial charge on any atom is -0.354 e. The molecule has 1 unspecified atom stereocenters. The van der Waals surface area contributed by atoms with Gasteiger partial charge in [-0.2, -0.15) is 0 Å². The molecule has 4 heteroatoms. The molecule has 1 atom stereocenters. The molecule has 3 rings (SSSR count). The first-order chi connectivity index (χ1) is 12.2. The Kier molecular flexibility index (Phi) is 5.49. The van der Waals surface area contributed by atoms with Crippen molar-refractivity contribution in [2.24, 2.45) is 0 Å². The van der Waals surface area contributed by atoms with E-state index in [0.717, 1.165) is 41.8 Å². The Morgan fingerprint density at radius 1 is 1.12 bits per heavy atom. The number of carbonyl (C=O) groups is 1. The third-order valence-corrected chi connectivity index (χ3v) is 4.58. The highest BCUT2D eigenvalue weighted by atomic mass is 16.1. The number of aryl methyl sites for hydroxylation is 1. The number of fused-ring (bicyclic) bond motifs is 1. The molecule has 25 heavy (non-hydrogen) atoms. The fourth-order valence-electron chi connectivity index (χ4n) is 3.32. The predicted octanol–water partition coefficient (Wildman–Crippen LogP) is 4.04. The molecule has 0 fully saturated rings. The van der Waals surface area contributed by atoms with E-state index >= 15 is 0 Å². The van der Waals surface area contributed by atoms with Gasteiger partial charge in [-0.25, -0.2) is 4.98 Å². The number of hydrogen-bond acceptors (Lipinski definition) is 2. The Labute approximate surface area is 148 Å². The molecule has 0 saturated heterocycles. The average molecular weight is 335 g/mol. The van der Waals surface area contributed by atoms with Crippen molar-refractivity contribution >= 4 is 16.9 Å². The summed E-state index contributed by atoms with van der Waals surface area (Å²) in [7, 11) is 0. The molecule has 0 radical (unpaired) electrons. The van der Waals surface area contributed by atoms with Crippen molar-refractivity contribution in [3.05, 3.63) is 66.0 Å². The summed E-state index contributed by atoms with van der Waals surface area (Å²) >= 11 is 0. The topological polar surface area (TPSA) is 46.9 Å². The molecule has 1 amide bonds. The van der Waals surface area contributed by atoms with E-state index in [1.54, 1.807) is 0 Å².